The number of nitrogens with one attached hydrogen (secondary N) is 1. The van der Waals surface area contributed by atoms with Crippen molar-refractivity contribution in [2.24, 2.45) is 5.92 Å². The molecule has 1 aliphatic rings. The fraction of sp³-hybridized carbons (Fsp3) is 1.00. The topological polar surface area (TPSA) is 29.1 Å². The molecular formula is C12H22F3NOS. The minimum absolute atomic E-state index is 0.0390. The van der Waals surface area contributed by atoms with E-state index in [2.05, 4.69) is 5.32 Å². The maximum absolute atomic E-state index is 12.6. The van der Waals surface area contributed by atoms with Crippen LogP contribution in [-0.4, -0.2) is 34.5 Å². The van der Waals surface area contributed by atoms with E-state index in [0.717, 1.165) is 12.8 Å². The molecule has 2 nitrogen and oxygen atoms in total. The third kappa shape index (κ3) is 5.26. The molecule has 108 valence electrons. The van der Waals surface area contributed by atoms with Crippen LogP contribution in [-0.2, 0) is 10.8 Å². The first-order valence-corrected chi connectivity index (χ1v) is 8.05. The lowest BCUT2D eigenvalue weighted by Gasteiger charge is -2.31. The standard InChI is InChI=1S/C12H22F3NOS/c1-9(18(2)17)6-7-16-11-5-3-4-10(8-11)12(13,14)15/h9-11,16H,3-8H2,1-2H3. The summed E-state index contributed by atoms with van der Waals surface area (Å²) >= 11 is 0. The summed E-state index contributed by atoms with van der Waals surface area (Å²) in [5.41, 5.74) is 0. The third-order valence-corrected chi connectivity index (χ3v) is 5.06. The van der Waals surface area contributed by atoms with E-state index in [0.29, 0.717) is 13.0 Å². The van der Waals surface area contributed by atoms with Gasteiger partial charge >= 0.3 is 6.18 Å². The van der Waals surface area contributed by atoms with Crippen LogP contribution in [0.5, 0.6) is 0 Å². The van der Waals surface area contributed by atoms with Gasteiger partial charge in [0.05, 0.1) is 5.92 Å². The van der Waals surface area contributed by atoms with Gasteiger partial charge in [0.25, 0.3) is 0 Å². The normalized spacial score (nSPS) is 28.9. The second-order valence-electron chi connectivity index (χ2n) is 5.15. The number of halogens is 3. The number of alkyl halides is 3. The zero-order valence-corrected chi connectivity index (χ0v) is 11.7. The lowest BCUT2D eigenvalue weighted by Crippen LogP contribution is -2.39. The molecule has 0 heterocycles. The Hall–Kier alpha value is -0.100. The van der Waals surface area contributed by atoms with Crippen LogP contribution in [0.3, 0.4) is 0 Å². The van der Waals surface area contributed by atoms with Crippen molar-refractivity contribution in [3.63, 3.8) is 0 Å². The van der Waals surface area contributed by atoms with Crippen molar-refractivity contribution < 1.29 is 17.4 Å². The van der Waals surface area contributed by atoms with E-state index in [1.165, 1.54) is 0 Å². The van der Waals surface area contributed by atoms with Gasteiger partial charge in [-0.25, -0.2) is 0 Å². The van der Waals surface area contributed by atoms with E-state index in [1.54, 1.807) is 6.26 Å². The van der Waals surface area contributed by atoms with E-state index in [-0.39, 0.29) is 24.1 Å². The maximum Gasteiger partial charge on any atom is 0.391 e. The van der Waals surface area contributed by atoms with E-state index in [9.17, 15) is 17.4 Å². The Morgan fingerprint density at radius 3 is 2.61 bits per heavy atom. The van der Waals surface area contributed by atoms with E-state index < -0.39 is 22.9 Å². The molecule has 0 bridgehead atoms. The van der Waals surface area contributed by atoms with Gasteiger partial charge in [-0.15, -0.1) is 0 Å². The number of hydrogen-bond acceptors (Lipinski definition) is 2. The Labute approximate surface area is 109 Å². The molecule has 4 unspecified atom stereocenters. The predicted octanol–water partition coefficient (Wildman–Crippen LogP) is 2.85. The molecule has 0 aromatic rings. The molecule has 0 aliphatic heterocycles. The molecule has 1 fully saturated rings. The quantitative estimate of drug-likeness (QED) is 0.841. The second-order valence-corrected chi connectivity index (χ2v) is 6.96. The zero-order valence-electron chi connectivity index (χ0n) is 10.9. The molecule has 1 saturated carbocycles. The van der Waals surface area contributed by atoms with Gasteiger partial charge in [-0.2, -0.15) is 13.2 Å². The third-order valence-electron chi connectivity index (χ3n) is 3.69. The summed E-state index contributed by atoms with van der Waals surface area (Å²) in [7, 11) is -0.858. The Kier molecular flexibility index (Phi) is 6.11. The smallest absolute Gasteiger partial charge is 0.314 e. The first-order valence-electron chi connectivity index (χ1n) is 6.43. The molecule has 0 radical (unpaired) electrons. The summed E-state index contributed by atoms with van der Waals surface area (Å²) < 4.78 is 49.0. The van der Waals surface area contributed by atoms with Crippen molar-refractivity contribution in [2.45, 2.75) is 56.5 Å². The van der Waals surface area contributed by atoms with Crippen molar-refractivity contribution in [1.29, 1.82) is 0 Å². The van der Waals surface area contributed by atoms with Gasteiger partial charge in [-0.3, -0.25) is 4.21 Å². The van der Waals surface area contributed by atoms with Gasteiger partial charge in [0.1, 0.15) is 0 Å². The van der Waals surface area contributed by atoms with Gasteiger partial charge in [-0.1, -0.05) is 13.3 Å². The van der Waals surface area contributed by atoms with E-state index in [1.807, 2.05) is 6.92 Å². The average molecular weight is 285 g/mol. The molecule has 6 heteroatoms. The van der Waals surface area contributed by atoms with Gasteiger partial charge in [0.2, 0.25) is 0 Å². The minimum atomic E-state index is -4.06. The first kappa shape index (κ1) is 16.0. The van der Waals surface area contributed by atoms with Gasteiger partial charge in [0.15, 0.2) is 0 Å². The fourth-order valence-corrected chi connectivity index (χ4v) is 2.78. The Morgan fingerprint density at radius 1 is 1.39 bits per heavy atom. The number of rotatable bonds is 5. The summed E-state index contributed by atoms with van der Waals surface area (Å²) in [6.45, 7) is 2.55. The highest BCUT2D eigenvalue weighted by atomic mass is 32.2. The molecule has 0 spiro atoms. The highest BCUT2D eigenvalue weighted by Crippen LogP contribution is 2.37. The molecule has 4 atom stereocenters. The van der Waals surface area contributed by atoms with E-state index in [4.69, 9.17) is 0 Å². The van der Waals surface area contributed by atoms with Crippen molar-refractivity contribution in [1.82, 2.24) is 5.32 Å². The van der Waals surface area contributed by atoms with Gasteiger partial charge in [0, 0.05) is 28.3 Å². The summed E-state index contributed by atoms with van der Waals surface area (Å²) in [4.78, 5) is 0. The summed E-state index contributed by atoms with van der Waals surface area (Å²) in [6, 6.07) is -0.0390. The maximum atomic E-state index is 12.6. The molecule has 0 saturated heterocycles. The van der Waals surface area contributed by atoms with Crippen molar-refractivity contribution >= 4 is 10.8 Å². The van der Waals surface area contributed by atoms with Crippen molar-refractivity contribution in [3.05, 3.63) is 0 Å². The largest absolute Gasteiger partial charge is 0.391 e. The predicted molar refractivity (Wildman–Crippen MR) is 67.9 cm³/mol. The van der Waals surface area contributed by atoms with Crippen LogP contribution in [0.25, 0.3) is 0 Å². The molecule has 18 heavy (non-hydrogen) atoms. The molecule has 0 aromatic heterocycles. The van der Waals surface area contributed by atoms with Gasteiger partial charge in [-0.05, 0) is 32.2 Å². The summed E-state index contributed by atoms with van der Waals surface area (Å²) in [5.74, 6) is -1.15. The van der Waals surface area contributed by atoms with Crippen LogP contribution in [0, 0.1) is 5.92 Å². The monoisotopic (exact) mass is 285 g/mol. The summed E-state index contributed by atoms with van der Waals surface area (Å²) in [5, 5.41) is 3.27. The molecule has 1 rings (SSSR count). The van der Waals surface area contributed by atoms with Crippen LogP contribution in [0.4, 0.5) is 13.2 Å². The van der Waals surface area contributed by atoms with Crippen LogP contribution in [0.15, 0.2) is 0 Å². The molecule has 1 N–H and O–H groups in total. The zero-order chi connectivity index (χ0) is 13.8. The molecular weight excluding hydrogens is 263 g/mol. The van der Waals surface area contributed by atoms with Crippen molar-refractivity contribution in [3.8, 4) is 0 Å². The van der Waals surface area contributed by atoms with Crippen LogP contribution >= 0.6 is 0 Å². The highest BCUT2D eigenvalue weighted by Gasteiger charge is 2.41. The average Bonchev–Trinajstić information content (AvgIpc) is 2.28. The Morgan fingerprint density at radius 2 is 2.06 bits per heavy atom. The Balaban J connectivity index is 2.29. The van der Waals surface area contributed by atoms with Crippen molar-refractivity contribution in [2.75, 3.05) is 12.8 Å². The number of hydrogen-bond donors (Lipinski definition) is 1. The fourth-order valence-electron chi connectivity index (χ4n) is 2.33. The van der Waals surface area contributed by atoms with Crippen LogP contribution in [0.1, 0.15) is 39.0 Å². The first-order chi connectivity index (χ1) is 8.30. The molecule has 1 aliphatic carbocycles. The lowest BCUT2D eigenvalue weighted by atomic mass is 9.85. The van der Waals surface area contributed by atoms with Gasteiger partial charge < -0.3 is 5.32 Å². The lowest BCUT2D eigenvalue weighted by molar-refractivity contribution is -0.183. The second kappa shape index (κ2) is 6.89. The molecule has 0 amide bonds. The van der Waals surface area contributed by atoms with Crippen LogP contribution < -0.4 is 5.32 Å². The Bertz CT molecular complexity index is 283. The molecule has 0 aromatic carbocycles. The SMILES string of the molecule is CC(CCNC1CCCC(C(F)(F)F)C1)S(C)=O. The van der Waals surface area contributed by atoms with Crippen LogP contribution in [0.2, 0.25) is 0 Å². The summed E-state index contributed by atoms with van der Waals surface area (Å²) in [6.07, 6.45) is 0.247. The minimum Gasteiger partial charge on any atom is -0.314 e. The highest BCUT2D eigenvalue weighted by molar-refractivity contribution is 7.84. The van der Waals surface area contributed by atoms with E-state index >= 15 is 0 Å².